The summed E-state index contributed by atoms with van der Waals surface area (Å²) < 4.78 is 0.828. The Bertz CT molecular complexity index is 1330. The molecule has 1 fully saturated rings. The molecule has 5 rings (SSSR count). The lowest BCUT2D eigenvalue weighted by molar-refractivity contribution is -0.144. The van der Waals surface area contributed by atoms with Crippen LogP contribution in [0, 0.1) is 9.49 Å². The quantitative estimate of drug-likeness (QED) is 0.317. The molecule has 1 N–H and O–H groups in total. The number of hydrogen-bond donors (Lipinski definition) is 1. The van der Waals surface area contributed by atoms with Crippen molar-refractivity contribution in [3.05, 3.63) is 98.1 Å². The van der Waals surface area contributed by atoms with Crippen LogP contribution in [0.2, 0.25) is 5.02 Å². The molecule has 0 radical (unpaired) electrons. The average Bonchev–Trinajstić information content (AvgIpc) is 3.39. The normalized spacial score (nSPS) is 19.0. The Labute approximate surface area is 234 Å². The van der Waals surface area contributed by atoms with E-state index in [1.807, 2.05) is 12.1 Å². The molecule has 8 heteroatoms. The maximum absolute atomic E-state index is 14.5. The molecule has 190 valence electrons. The summed E-state index contributed by atoms with van der Waals surface area (Å²) in [6, 6.07) is 18.2. The highest BCUT2D eigenvalue weighted by Gasteiger charge is 2.46. The summed E-state index contributed by atoms with van der Waals surface area (Å²) in [7, 11) is 0. The number of fused-ring (bicyclic) bond motifs is 1. The van der Waals surface area contributed by atoms with Crippen LogP contribution in [0.4, 0.5) is 5.69 Å². The van der Waals surface area contributed by atoms with E-state index in [0.717, 1.165) is 29.3 Å². The Balaban J connectivity index is 1.74. The molecule has 0 saturated heterocycles. The third kappa shape index (κ3) is 5.11. The van der Waals surface area contributed by atoms with Gasteiger partial charge in [-0.05, 0) is 82.8 Å². The van der Waals surface area contributed by atoms with Crippen molar-refractivity contribution in [1.82, 2.24) is 4.90 Å². The summed E-state index contributed by atoms with van der Waals surface area (Å²) in [6.45, 7) is 0.487. The third-order valence-electron chi connectivity index (χ3n) is 7.22. The molecular formula is C29H26ClIN2O4. The summed E-state index contributed by atoms with van der Waals surface area (Å²) in [6.07, 6.45) is 4.28. The zero-order valence-corrected chi connectivity index (χ0v) is 22.9. The molecule has 3 aromatic rings. The SMILES string of the molecule is O=C(O)C(c1ccccc1)N1C(=O)c2cc(I)ccc2N(CC2CCCC2)C(=O)C1c1ccc(Cl)cc1. The van der Waals surface area contributed by atoms with E-state index >= 15 is 0 Å². The van der Waals surface area contributed by atoms with Gasteiger partial charge in [-0.25, -0.2) is 4.79 Å². The maximum Gasteiger partial charge on any atom is 0.331 e. The number of carboxylic acid groups (broad SMARTS) is 1. The van der Waals surface area contributed by atoms with Crippen molar-refractivity contribution in [2.45, 2.75) is 37.8 Å². The first kappa shape index (κ1) is 25.7. The number of benzene rings is 3. The average molecular weight is 629 g/mol. The number of aliphatic carboxylic acids is 1. The number of anilines is 1. The monoisotopic (exact) mass is 628 g/mol. The van der Waals surface area contributed by atoms with Crippen LogP contribution >= 0.6 is 34.2 Å². The minimum absolute atomic E-state index is 0.315. The second-order valence-corrected chi connectivity index (χ2v) is 11.3. The van der Waals surface area contributed by atoms with Gasteiger partial charge in [0.15, 0.2) is 6.04 Å². The summed E-state index contributed by atoms with van der Waals surface area (Å²) in [5.74, 6) is -1.69. The lowest BCUT2D eigenvalue weighted by Crippen LogP contribution is -2.47. The van der Waals surface area contributed by atoms with E-state index < -0.39 is 24.0 Å². The van der Waals surface area contributed by atoms with Crippen LogP contribution in [0.3, 0.4) is 0 Å². The number of carbonyl (C=O) groups is 3. The molecule has 37 heavy (non-hydrogen) atoms. The fourth-order valence-electron chi connectivity index (χ4n) is 5.47. The van der Waals surface area contributed by atoms with Gasteiger partial charge in [-0.15, -0.1) is 0 Å². The molecule has 6 nitrogen and oxygen atoms in total. The molecule has 1 aliphatic heterocycles. The Kier molecular flexibility index (Phi) is 7.53. The van der Waals surface area contributed by atoms with Gasteiger partial charge in [-0.2, -0.15) is 0 Å². The Morgan fingerprint density at radius 2 is 1.68 bits per heavy atom. The van der Waals surface area contributed by atoms with Gasteiger partial charge in [-0.3, -0.25) is 9.59 Å². The molecule has 1 saturated carbocycles. The van der Waals surface area contributed by atoms with E-state index in [4.69, 9.17) is 11.6 Å². The summed E-state index contributed by atoms with van der Waals surface area (Å²) >= 11 is 8.29. The summed E-state index contributed by atoms with van der Waals surface area (Å²) in [5, 5.41) is 10.9. The number of carbonyl (C=O) groups excluding carboxylic acids is 2. The molecule has 2 amide bonds. The zero-order valence-electron chi connectivity index (χ0n) is 20.0. The molecular weight excluding hydrogens is 603 g/mol. The molecule has 0 spiro atoms. The standard InChI is InChI=1S/C29H26ClIN2O4/c30-21-12-10-20(11-13-21)25-28(35)32(17-18-6-4-5-7-18)24-15-14-22(31)16-23(24)27(34)33(25)26(29(36)37)19-8-2-1-3-9-19/h1-3,8-16,18,25-26H,4-7,17H2,(H,36,37). The molecule has 1 aliphatic carbocycles. The predicted octanol–water partition coefficient (Wildman–Crippen LogP) is 6.49. The second-order valence-electron chi connectivity index (χ2n) is 9.58. The van der Waals surface area contributed by atoms with E-state index in [-0.39, 0.29) is 5.91 Å². The lowest BCUT2D eigenvalue weighted by atomic mass is 9.97. The van der Waals surface area contributed by atoms with Crippen LogP contribution in [-0.2, 0) is 9.59 Å². The number of halogens is 2. The topological polar surface area (TPSA) is 77.9 Å². The highest BCUT2D eigenvalue weighted by molar-refractivity contribution is 14.1. The first-order valence-electron chi connectivity index (χ1n) is 12.3. The van der Waals surface area contributed by atoms with Crippen LogP contribution in [0.25, 0.3) is 0 Å². The number of carboxylic acids is 1. The molecule has 0 bridgehead atoms. The number of hydrogen-bond acceptors (Lipinski definition) is 3. The van der Waals surface area contributed by atoms with Gasteiger partial charge in [0.25, 0.3) is 11.8 Å². The van der Waals surface area contributed by atoms with Gasteiger partial charge in [0.1, 0.15) is 6.04 Å². The van der Waals surface area contributed by atoms with Gasteiger partial charge in [0.2, 0.25) is 0 Å². The van der Waals surface area contributed by atoms with Crippen LogP contribution < -0.4 is 4.90 Å². The van der Waals surface area contributed by atoms with Crippen molar-refractivity contribution in [3.8, 4) is 0 Å². The van der Waals surface area contributed by atoms with Crippen molar-refractivity contribution in [3.63, 3.8) is 0 Å². The van der Waals surface area contributed by atoms with Crippen molar-refractivity contribution in [2.75, 3.05) is 11.4 Å². The first-order valence-corrected chi connectivity index (χ1v) is 13.8. The number of rotatable bonds is 6. The first-order chi connectivity index (χ1) is 17.8. The molecule has 3 aromatic carbocycles. The second kappa shape index (κ2) is 10.8. The number of amides is 2. The highest BCUT2D eigenvalue weighted by Crippen LogP contribution is 2.41. The van der Waals surface area contributed by atoms with E-state index in [9.17, 15) is 19.5 Å². The van der Waals surface area contributed by atoms with Crippen molar-refractivity contribution in [2.24, 2.45) is 5.92 Å². The molecule has 0 aromatic heterocycles. The minimum atomic E-state index is -1.37. The Morgan fingerprint density at radius 3 is 2.32 bits per heavy atom. The fourth-order valence-corrected chi connectivity index (χ4v) is 6.09. The molecule has 2 aliphatic rings. The largest absolute Gasteiger partial charge is 0.479 e. The van der Waals surface area contributed by atoms with Gasteiger partial charge in [0.05, 0.1) is 11.3 Å². The number of nitrogens with zero attached hydrogens (tertiary/aromatic N) is 2. The van der Waals surface area contributed by atoms with Gasteiger partial charge >= 0.3 is 5.97 Å². The smallest absolute Gasteiger partial charge is 0.331 e. The van der Waals surface area contributed by atoms with Crippen molar-refractivity contribution in [1.29, 1.82) is 0 Å². The van der Waals surface area contributed by atoms with E-state index in [1.165, 1.54) is 4.90 Å². The fraction of sp³-hybridized carbons (Fsp3) is 0.276. The summed E-state index contributed by atoms with van der Waals surface area (Å²) in [4.78, 5) is 44.6. The van der Waals surface area contributed by atoms with Crippen LogP contribution in [0.5, 0.6) is 0 Å². The highest BCUT2D eigenvalue weighted by atomic mass is 127. The predicted molar refractivity (Wildman–Crippen MR) is 151 cm³/mol. The molecule has 1 heterocycles. The lowest BCUT2D eigenvalue weighted by Gasteiger charge is -2.36. The van der Waals surface area contributed by atoms with E-state index in [0.29, 0.717) is 39.9 Å². The van der Waals surface area contributed by atoms with Crippen molar-refractivity contribution >= 4 is 57.7 Å². The van der Waals surface area contributed by atoms with Gasteiger partial charge in [-0.1, -0.05) is 66.9 Å². The van der Waals surface area contributed by atoms with Crippen LogP contribution in [0.15, 0.2) is 72.8 Å². The maximum atomic E-state index is 14.5. The van der Waals surface area contributed by atoms with Gasteiger partial charge < -0.3 is 14.9 Å². The Hall–Kier alpha value is -2.91. The summed E-state index contributed by atoms with van der Waals surface area (Å²) in [5.41, 5.74) is 1.80. The molecule has 2 unspecified atom stereocenters. The third-order valence-corrected chi connectivity index (χ3v) is 8.14. The Morgan fingerprint density at radius 1 is 1.00 bits per heavy atom. The van der Waals surface area contributed by atoms with Crippen LogP contribution in [-0.4, -0.2) is 34.3 Å². The molecule has 2 atom stereocenters. The van der Waals surface area contributed by atoms with E-state index in [1.54, 1.807) is 65.6 Å². The van der Waals surface area contributed by atoms with Gasteiger partial charge in [0, 0.05) is 15.1 Å². The van der Waals surface area contributed by atoms with E-state index in [2.05, 4.69) is 22.6 Å². The zero-order chi connectivity index (χ0) is 26.1. The van der Waals surface area contributed by atoms with Crippen molar-refractivity contribution < 1.29 is 19.5 Å². The van der Waals surface area contributed by atoms with Crippen LogP contribution in [0.1, 0.15) is 59.3 Å². The minimum Gasteiger partial charge on any atom is -0.479 e.